The van der Waals surface area contributed by atoms with Gasteiger partial charge in [-0.25, -0.2) is 4.79 Å². The first-order valence-electron chi connectivity index (χ1n) is 9.68. The third-order valence-corrected chi connectivity index (χ3v) is 5.88. The zero-order chi connectivity index (χ0) is 17.9. The Morgan fingerprint density at radius 2 is 1.73 bits per heavy atom. The fourth-order valence-corrected chi connectivity index (χ4v) is 4.54. The molecule has 0 spiro atoms. The van der Waals surface area contributed by atoms with Crippen molar-refractivity contribution in [1.82, 2.24) is 4.90 Å². The highest BCUT2D eigenvalue weighted by atomic mass is 16.5. The van der Waals surface area contributed by atoms with Crippen LogP contribution >= 0.6 is 0 Å². The molecule has 1 aliphatic heterocycles. The summed E-state index contributed by atoms with van der Waals surface area (Å²) in [5.74, 6) is 0.162. The largest absolute Gasteiger partial charge is 0.452 e. The number of hydrogen-bond acceptors (Lipinski definition) is 3. The predicted octanol–water partition coefficient (Wildman–Crippen LogP) is 4.18. The van der Waals surface area contributed by atoms with Gasteiger partial charge < -0.3 is 9.64 Å². The van der Waals surface area contributed by atoms with E-state index >= 15 is 0 Å². The molecular formula is C22H25NO3. The molecule has 4 nitrogen and oxygen atoms in total. The van der Waals surface area contributed by atoms with E-state index in [0.29, 0.717) is 17.5 Å². The number of rotatable bonds is 3. The second-order valence-corrected chi connectivity index (χ2v) is 7.48. The molecule has 1 heterocycles. The van der Waals surface area contributed by atoms with Gasteiger partial charge in [-0.05, 0) is 54.5 Å². The Labute approximate surface area is 154 Å². The number of esters is 1. The molecule has 1 saturated heterocycles. The van der Waals surface area contributed by atoms with Crippen LogP contribution in [0.5, 0.6) is 0 Å². The number of fused-ring (bicyclic) bond motifs is 2. The Balaban J connectivity index is 1.39. The number of piperidine rings is 1. The van der Waals surface area contributed by atoms with Gasteiger partial charge in [0, 0.05) is 12.6 Å². The molecule has 2 atom stereocenters. The maximum absolute atomic E-state index is 12.6. The molecule has 4 heteroatoms. The van der Waals surface area contributed by atoms with Crippen LogP contribution in [-0.2, 0) is 9.53 Å². The van der Waals surface area contributed by atoms with Crippen LogP contribution in [0, 0.1) is 5.92 Å². The lowest BCUT2D eigenvalue weighted by Crippen LogP contribution is -2.50. The Kier molecular flexibility index (Phi) is 4.91. The number of carbonyl (C=O) groups is 2. The van der Waals surface area contributed by atoms with E-state index < -0.39 is 5.97 Å². The van der Waals surface area contributed by atoms with Crippen LogP contribution in [0.1, 0.15) is 48.9 Å². The summed E-state index contributed by atoms with van der Waals surface area (Å²) in [6.07, 6.45) is 7.08. The van der Waals surface area contributed by atoms with Gasteiger partial charge in [0.25, 0.3) is 5.91 Å². The van der Waals surface area contributed by atoms with E-state index in [1.54, 1.807) is 6.07 Å². The lowest BCUT2D eigenvalue weighted by atomic mass is 9.78. The first-order chi connectivity index (χ1) is 12.7. The number of likely N-dealkylation sites (tertiary alicyclic amines) is 1. The molecule has 0 bridgehead atoms. The molecule has 0 N–H and O–H groups in total. The second kappa shape index (κ2) is 7.48. The highest BCUT2D eigenvalue weighted by molar-refractivity contribution is 5.96. The smallest absolute Gasteiger partial charge is 0.338 e. The van der Waals surface area contributed by atoms with E-state index in [2.05, 4.69) is 0 Å². The van der Waals surface area contributed by atoms with Crippen LogP contribution in [0.3, 0.4) is 0 Å². The molecule has 0 aromatic heterocycles. The number of benzene rings is 2. The Bertz CT molecular complexity index is 814. The van der Waals surface area contributed by atoms with Gasteiger partial charge in [-0.3, -0.25) is 4.79 Å². The number of nitrogens with zero attached hydrogens (tertiary/aromatic N) is 1. The zero-order valence-electron chi connectivity index (χ0n) is 15.0. The van der Waals surface area contributed by atoms with Crippen molar-refractivity contribution in [2.75, 3.05) is 13.2 Å². The van der Waals surface area contributed by atoms with Gasteiger partial charge in [-0.15, -0.1) is 0 Å². The monoisotopic (exact) mass is 351 g/mol. The van der Waals surface area contributed by atoms with E-state index in [4.69, 9.17) is 4.74 Å². The quantitative estimate of drug-likeness (QED) is 0.780. The summed E-state index contributed by atoms with van der Waals surface area (Å²) >= 11 is 0. The van der Waals surface area contributed by atoms with Crippen molar-refractivity contribution in [1.29, 1.82) is 0 Å². The Morgan fingerprint density at radius 1 is 0.962 bits per heavy atom. The van der Waals surface area contributed by atoms with E-state index in [1.807, 2.05) is 41.3 Å². The van der Waals surface area contributed by atoms with Crippen molar-refractivity contribution in [3.8, 4) is 0 Å². The molecule has 2 fully saturated rings. The fraction of sp³-hybridized carbons (Fsp3) is 0.455. The number of ether oxygens (including phenoxy) is 1. The van der Waals surface area contributed by atoms with Crippen molar-refractivity contribution in [2.45, 2.75) is 44.6 Å². The summed E-state index contributed by atoms with van der Waals surface area (Å²) in [6.45, 7) is 0.641. The van der Waals surface area contributed by atoms with Crippen LogP contribution in [-0.4, -0.2) is 36.0 Å². The summed E-state index contributed by atoms with van der Waals surface area (Å²) < 4.78 is 5.34. The van der Waals surface area contributed by atoms with Crippen LogP contribution in [0.2, 0.25) is 0 Å². The summed E-state index contributed by atoms with van der Waals surface area (Å²) in [4.78, 5) is 27.0. The van der Waals surface area contributed by atoms with Crippen molar-refractivity contribution >= 4 is 22.6 Å². The highest BCUT2D eigenvalue weighted by Crippen LogP contribution is 2.35. The predicted molar refractivity (Wildman–Crippen MR) is 101 cm³/mol. The maximum Gasteiger partial charge on any atom is 0.338 e. The Hall–Kier alpha value is -2.36. The number of carbonyl (C=O) groups excluding carboxylic acids is 2. The zero-order valence-corrected chi connectivity index (χ0v) is 15.0. The summed E-state index contributed by atoms with van der Waals surface area (Å²) in [6, 6.07) is 13.7. The molecule has 26 heavy (non-hydrogen) atoms. The van der Waals surface area contributed by atoms with Gasteiger partial charge in [-0.2, -0.15) is 0 Å². The third kappa shape index (κ3) is 3.46. The molecule has 0 unspecified atom stereocenters. The van der Waals surface area contributed by atoms with E-state index in [-0.39, 0.29) is 12.5 Å². The fourth-order valence-electron chi connectivity index (χ4n) is 4.54. The molecule has 1 aliphatic carbocycles. The van der Waals surface area contributed by atoms with Gasteiger partial charge >= 0.3 is 5.97 Å². The van der Waals surface area contributed by atoms with Crippen molar-refractivity contribution in [3.05, 3.63) is 48.0 Å². The van der Waals surface area contributed by atoms with Gasteiger partial charge in [0.05, 0.1) is 5.56 Å². The van der Waals surface area contributed by atoms with Gasteiger partial charge in [0.1, 0.15) is 0 Å². The molecule has 136 valence electrons. The van der Waals surface area contributed by atoms with Crippen LogP contribution in [0.4, 0.5) is 0 Å². The molecule has 1 saturated carbocycles. The van der Waals surface area contributed by atoms with E-state index in [9.17, 15) is 9.59 Å². The maximum atomic E-state index is 12.6. The van der Waals surface area contributed by atoms with Crippen LogP contribution in [0.15, 0.2) is 42.5 Å². The molecule has 0 radical (unpaired) electrons. The highest BCUT2D eigenvalue weighted by Gasteiger charge is 2.35. The average molecular weight is 351 g/mol. The molecular weight excluding hydrogens is 326 g/mol. The van der Waals surface area contributed by atoms with Crippen LogP contribution < -0.4 is 0 Å². The molecule has 2 aromatic carbocycles. The molecule has 4 rings (SSSR count). The van der Waals surface area contributed by atoms with E-state index in [0.717, 1.165) is 30.2 Å². The topological polar surface area (TPSA) is 46.6 Å². The summed E-state index contributed by atoms with van der Waals surface area (Å²) in [5, 5.41) is 2.08. The molecule has 2 aliphatic rings. The van der Waals surface area contributed by atoms with Crippen LogP contribution in [0.25, 0.3) is 10.8 Å². The first kappa shape index (κ1) is 17.1. The van der Waals surface area contributed by atoms with Crippen molar-refractivity contribution in [2.24, 2.45) is 5.92 Å². The van der Waals surface area contributed by atoms with Crippen molar-refractivity contribution < 1.29 is 14.3 Å². The SMILES string of the molecule is O=C(OCC(=O)N1CCC[C@@H]2CCCC[C@H]21)c1ccc2ccccc2c1. The lowest BCUT2D eigenvalue weighted by Gasteiger charge is -2.44. The lowest BCUT2D eigenvalue weighted by molar-refractivity contribution is -0.140. The minimum absolute atomic E-state index is 0.0456. The van der Waals surface area contributed by atoms with Gasteiger partial charge in [0.2, 0.25) is 0 Å². The molecule has 1 amide bonds. The second-order valence-electron chi connectivity index (χ2n) is 7.48. The van der Waals surface area contributed by atoms with Gasteiger partial charge in [0.15, 0.2) is 6.61 Å². The standard InChI is InChI=1S/C22H25NO3/c24-21(23-13-5-9-17-7-3-4-10-20(17)23)15-26-22(25)19-12-11-16-6-1-2-8-18(16)14-19/h1-2,6,8,11-12,14,17,20H,3-5,7,9-10,13,15H2/t17-,20+/m0/s1. The summed E-state index contributed by atoms with van der Waals surface area (Å²) in [5.41, 5.74) is 0.491. The number of amides is 1. The third-order valence-electron chi connectivity index (χ3n) is 5.88. The Morgan fingerprint density at radius 3 is 2.62 bits per heavy atom. The molecule has 2 aromatic rings. The average Bonchev–Trinajstić information content (AvgIpc) is 2.71. The minimum atomic E-state index is -0.429. The van der Waals surface area contributed by atoms with Gasteiger partial charge in [-0.1, -0.05) is 43.2 Å². The van der Waals surface area contributed by atoms with Crippen molar-refractivity contribution in [3.63, 3.8) is 0 Å². The van der Waals surface area contributed by atoms with E-state index in [1.165, 1.54) is 25.7 Å². The first-order valence-corrected chi connectivity index (χ1v) is 9.68. The summed E-state index contributed by atoms with van der Waals surface area (Å²) in [7, 11) is 0. The normalized spacial score (nSPS) is 22.7. The number of hydrogen-bond donors (Lipinski definition) is 0. The minimum Gasteiger partial charge on any atom is -0.452 e.